The van der Waals surface area contributed by atoms with E-state index in [1.807, 2.05) is 0 Å². The summed E-state index contributed by atoms with van der Waals surface area (Å²) in [7, 11) is 0. The second-order valence-corrected chi connectivity index (χ2v) is 4.05. The Morgan fingerprint density at radius 3 is 2.79 bits per heavy atom. The average Bonchev–Trinajstić information content (AvgIpc) is 2.18. The Morgan fingerprint density at radius 2 is 2.14 bits per heavy atom. The SMILES string of the molecule is CCCCC1C(CCC)=CNN=C1C. The molecule has 0 radical (unpaired) electrons. The van der Waals surface area contributed by atoms with Crippen LogP contribution < -0.4 is 5.43 Å². The number of hydrazone groups is 1. The summed E-state index contributed by atoms with van der Waals surface area (Å²) in [6.07, 6.45) is 8.36. The van der Waals surface area contributed by atoms with Crippen LogP contribution in [-0.2, 0) is 0 Å². The lowest BCUT2D eigenvalue weighted by atomic mass is 9.87. The van der Waals surface area contributed by atoms with E-state index in [4.69, 9.17) is 0 Å². The molecule has 0 saturated heterocycles. The van der Waals surface area contributed by atoms with Crippen molar-refractivity contribution in [2.75, 3.05) is 0 Å². The van der Waals surface area contributed by atoms with Crippen LogP contribution in [0.2, 0.25) is 0 Å². The van der Waals surface area contributed by atoms with Crippen molar-refractivity contribution >= 4 is 5.71 Å². The van der Waals surface area contributed by atoms with Gasteiger partial charge in [-0.2, -0.15) is 5.10 Å². The van der Waals surface area contributed by atoms with Gasteiger partial charge in [0.05, 0.1) is 0 Å². The first-order valence-electron chi connectivity index (χ1n) is 5.78. The monoisotopic (exact) mass is 194 g/mol. The Bertz CT molecular complexity index is 228. The van der Waals surface area contributed by atoms with Crippen LogP contribution in [0.1, 0.15) is 52.9 Å². The first-order chi connectivity index (χ1) is 6.79. The predicted molar refractivity (Wildman–Crippen MR) is 62.3 cm³/mol. The van der Waals surface area contributed by atoms with Crippen molar-refractivity contribution in [2.24, 2.45) is 11.0 Å². The van der Waals surface area contributed by atoms with E-state index in [0.29, 0.717) is 5.92 Å². The van der Waals surface area contributed by atoms with Gasteiger partial charge in [0, 0.05) is 17.8 Å². The number of nitrogens with zero attached hydrogens (tertiary/aromatic N) is 1. The zero-order chi connectivity index (χ0) is 10.4. The molecule has 1 N–H and O–H groups in total. The number of nitrogens with one attached hydrogen (secondary N) is 1. The maximum atomic E-state index is 4.29. The Labute approximate surface area is 87.5 Å². The molecule has 1 heterocycles. The van der Waals surface area contributed by atoms with Gasteiger partial charge in [0.15, 0.2) is 0 Å². The van der Waals surface area contributed by atoms with Gasteiger partial charge >= 0.3 is 0 Å². The topological polar surface area (TPSA) is 24.4 Å². The van der Waals surface area contributed by atoms with Crippen molar-refractivity contribution in [1.82, 2.24) is 5.43 Å². The smallest absolute Gasteiger partial charge is 0.0423 e. The first kappa shape index (κ1) is 11.3. The zero-order valence-electron chi connectivity index (χ0n) is 9.64. The van der Waals surface area contributed by atoms with Crippen molar-refractivity contribution in [3.63, 3.8) is 0 Å². The fraction of sp³-hybridized carbons (Fsp3) is 0.750. The third kappa shape index (κ3) is 2.86. The van der Waals surface area contributed by atoms with Crippen molar-refractivity contribution in [1.29, 1.82) is 0 Å². The van der Waals surface area contributed by atoms with Crippen molar-refractivity contribution in [3.8, 4) is 0 Å². The highest BCUT2D eigenvalue weighted by molar-refractivity contribution is 5.87. The molecule has 0 saturated carbocycles. The molecule has 14 heavy (non-hydrogen) atoms. The second kappa shape index (κ2) is 5.84. The first-order valence-corrected chi connectivity index (χ1v) is 5.78. The van der Waals surface area contributed by atoms with E-state index in [1.165, 1.54) is 43.4 Å². The molecule has 2 heteroatoms. The molecular weight excluding hydrogens is 172 g/mol. The summed E-state index contributed by atoms with van der Waals surface area (Å²) in [4.78, 5) is 0. The number of unbranched alkanes of at least 4 members (excludes halogenated alkanes) is 1. The average molecular weight is 194 g/mol. The molecule has 0 aliphatic carbocycles. The highest BCUT2D eigenvalue weighted by atomic mass is 15.3. The Hall–Kier alpha value is -0.790. The van der Waals surface area contributed by atoms with E-state index < -0.39 is 0 Å². The van der Waals surface area contributed by atoms with E-state index in [2.05, 4.69) is 37.5 Å². The zero-order valence-corrected chi connectivity index (χ0v) is 9.64. The van der Waals surface area contributed by atoms with Gasteiger partial charge < -0.3 is 0 Å². The van der Waals surface area contributed by atoms with Gasteiger partial charge in [-0.15, -0.1) is 0 Å². The number of hydrogen-bond donors (Lipinski definition) is 1. The summed E-state index contributed by atoms with van der Waals surface area (Å²) < 4.78 is 0. The number of hydrogen-bond acceptors (Lipinski definition) is 2. The van der Waals surface area contributed by atoms with Crippen LogP contribution in [0.4, 0.5) is 0 Å². The van der Waals surface area contributed by atoms with Crippen molar-refractivity contribution in [3.05, 3.63) is 11.8 Å². The maximum absolute atomic E-state index is 4.29. The lowest BCUT2D eigenvalue weighted by Crippen LogP contribution is -2.22. The molecule has 80 valence electrons. The van der Waals surface area contributed by atoms with Crippen LogP contribution in [0.25, 0.3) is 0 Å². The molecule has 0 amide bonds. The van der Waals surface area contributed by atoms with Crippen LogP contribution in [0.15, 0.2) is 16.9 Å². The third-order valence-electron chi connectivity index (χ3n) is 2.83. The molecule has 1 aliphatic heterocycles. The minimum absolute atomic E-state index is 0.608. The third-order valence-corrected chi connectivity index (χ3v) is 2.83. The number of rotatable bonds is 5. The van der Waals surface area contributed by atoms with Gasteiger partial charge in [0.25, 0.3) is 0 Å². The molecular formula is C12H22N2. The van der Waals surface area contributed by atoms with E-state index in [0.717, 1.165) is 0 Å². The molecule has 0 aromatic carbocycles. The van der Waals surface area contributed by atoms with Crippen LogP contribution in [0, 0.1) is 5.92 Å². The molecule has 1 rings (SSSR count). The molecule has 0 aromatic heterocycles. The molecule has 0 fully saturated rings. The molecule has 0 aromatic rings. The minimum Gasteiger partial charge on any atom is -0.286 e. The Kier molecular flexibility index (Phi) is 4.71. The second-order valence-electron chi connectivity index (χ2n) is 4.05. The summed E-state index contributed by atoms with van der Waals surface area (Å²) in [5.41, 5.74) is 5.79. The molecule has 2 nitrogen and oxygen atoms in total. The van der Waals surface area contributed by atoms with E-state index in [1.54, 1.807) is 0 Å². The molecule has 1 unspecified atom stereocenters. The molecule has 1 atom stereocenters. The lowest BCUT2D eigenvalue weighted by Gasteiger charge is -2.23. The number of allylic oxidation sites excluding steroid dienone is 1. The fourth-order valence-electron chi connectivity index (χ4n) is 2.00. The van der Waals surface area contributed by atoms with Gasteiger partial charge in [-0.1, -0.05) is 33.1 Å². The molecule has 0 spiro atoms. The lowest BCUT2D eigenvalue weighted by molar-refractivity contribution is 0.598. The summed E-state index contributed by atoms with van der Waals surface area (Å²) in [5, 5.41) is 4.29. The summed E-state index contributed by atoms with van der Waals surface area (Å²) in [5.74, 6) is 0.608. The Balaban J connectivity index is 2.58. The molecule has 0 bridgehead atoms. The summed E-state index contributed by atoms with van der Waals surface area (Å²) in [6, 6.07) is 0. The largest absolute Gasteiger partial charge is 0.286 e. The maximum Gasteiger partial charge on any atom is 0.0423 e. The van der Waals surface area contributed by atoms with Gasteiger partial charge in [-0.05, 0) is 25.3 Å². The van der Waals surface area contributed by atoms with Gasteiger partial charge in [0.1, 0.15) is 0 Å². The molecule has 1 aliphatic rings. The van der Waals surface area contributed by atoms with Crippen molar-refractivity contribution in [2.45, 2.75) is 52.9 Å². The van der Waals surface area contributed by atoms with E-state index in [9.17, 15) is 0 Å². The van der Waals surface area contributed by atoms with Crippen LogP contribution in [-0.4, -0.2) is 5.71 Å². The fourth-order valence-corrected chi connectivity index (χ4v) is 2.00. The standard InChI is InChI=1S/C12H22N2/c1-4-6-8-12-10(3)14-13-9-11(12)7-5-2/h9,12-13H,4-8H2,1-3H3. The predicted octanol–water partition coefficient (Wildman–Crippen LogP) is 3.46. The normalized spacial score (nSPS) is 21.2. The van der Waals surface area contributed by atoms with E-state index >= 15 is 0 Å². The minimum atomic E-state index is 0.608. The Morgan fingerprint density at radius 1 is 1.36 bits per heavy atom. The van der Waals surface area contributed by atoms with Gasteiger partial charge in [-0.25, -0.2) is 0 Å². The van der Waals surface area contributed by atoms with Crippen molar-refractivity contribution < 1.29 is 0 Å². The summed E-state index contributed by atoms with van der Waals surface area (Å²) in [6.45, 7) is 6.62. The van der Waals surface area contributed by atoms with Crippen LogP contribution in [0.3, 0.4) is 0 Å². The van der Waals surface area contributed by atoms with Crippen LogP contribution >= 0.6 is 0 Å². The highest BCUT2D eigenvalue weighted by Crippen LogP contribution is 2.25. The van der Waals surface area contributed by atoms with Crippen LogP contribution in [0.5, 0.6) is 0 Å². The quantitative estimate of drug-likeness (QED) is 0.712. The highest BCUT2D eigenvalue weighted by Gasteiger charge is 2.18. The summed E-state index contributed by atoms with van der Waals surface area (Å²) >= 11 is 0. The van der Waals surface area contributed by atoms with E-state index in [-0.39, 0.29) is 0 Å². The van der Waals surface area contributed by atoms with Gasteiger partial charge in [0.2, 0.25) is 0 Å². The van der Waals surface area contributed by atoms with Gasteiger partial charge in [-0.3, -0.25) is 5.43 Å².